The van der Waals surface area contributed by atoms with E-state index in [0.717, 1.165) is 31.7 Å². The number of rotatable bonds is 4. The van der Waals surface area contributed by atoms with Crippen LogP contribution in [0.2, 0.25) is 0 Å². The first kappa shape index (κ1) is 14.8. The quantitative estimate of drug-likeness (QED) is 0.795. The Morgan fingerprint density at radius 2 is 2.26 bits per heavy atom. The lowest BCUT2D eigenvalue weighted by molar-refractivity contribution is -0.129. The van der Waals surface area contributed by atoms with Crippen LogP contribution in [0.4, 0.5) is 0 Å². The topological polar surface area (TPSA) is 30.3 Å². The molecule has 0 amide bonds. The van der Waals surface area contributed by atoms with E-state index >= 15 is 0 Å². The SMILES string of the molecule is CCc1cc(CN2CC(CCl)OC(C)(C)C2)n(C)n1. The molecule has 4 nitrogen and oxygen atoms in total. The second-order valence-corrected chi connectivity index (χ2v) is 6.24. The van der Waals surface area contributed by atoms with Crippen molar-refractivity contribution < 1.29 is 4.74 Å². The van der Waals surface area contributed by atoms with Crippen LogP contribution < -0.4 is 0 Å². The average molecular weight is 286 g/mol. The van der Waals surface area contributed by atoms with Crippen LogP contribution in [0.15, 0.2) is 6.07 Å². The molecule has 2 rings (SSSR count). The van der Waals surface area contributed by atoms with Crippen molar-refractivity contribution in [2.45, 2.75) is 45.4 Å². The van der Waals surface area contributed by atoms with Crippen molar-refractivity contribution >= 4 is 11.6 Å². The van der Waals surface area contributed by atoms with Crippen LogP contribution in [0.1, 0.15) is 32.2 Å². The summed E-state index contributed by atoms with van der Waals surface area (Å²) in [4.78, 5) is 2.41. The molecule has 0 aromatic carbocycles. The third-order valence-electron chi connectivity index (χ3n) is 3.50. The van der Waals surface area contributed by atoms with Crippen LogP contribution in [0.25, 0.3) is 0 Å². The molecule has 0 radical (unpaired) electrons. The summed E-state index contributed by atoms with van der Waals surface area (Å²) in [5.41, 5.74) is 2.27. The van der Waals surface area contributed by atoms with E-state index in [2.05, 4.69) is 36.8 Å². The van der Waals surface area contributed by atoms with Gasteiger partial charge in [-0.25, -0.2) is 0 Å². The highest BCUT2D eigenvalue weighted by molar-refractivity contribution is 6.18. The number of aryl methyl sites for hydroxylation is 2. The minimum absolute atomic E-state index is 0.115. The van der Waals surface area contributed by atoms with Crippen LogP contribution in [-0.2, 0) is 24.8 Å². The van der Waals surface area contributed by atoms with Crippen LogP contribution in [0.5, 0.6) is 0 Å². The number of morpholine rings is 1. The van der Waals surface area contributed by atoms with Crippen LogP contribution in [0.3, 0.4) is 0 Å². The van der Waals surface area contributed by atoms with Crippen molar-refractivity contribution in [3.05, 3.63) is 17.5 Å². The van der Waals surface area contributed by atoms with Crippen LogP contribution >= 0.6 is 11.6 Å². The number of aromatic nitrogens is 2. The number of halogens is 1. The number of hydrogen-bond acceptors (Lipinski definition) is 3. The summed E-state index contributed by atoms with van der Waals surface area (Å²) in [6.45, 7) is 9.10. The van der Waals surface area contributed by atoms with Gasteiger partial charge in [-0.1, -0.05) is 6.92 Å². The van der Waals surface area contributed by atoms with Gasteiger partial charge < -0.3 is 4.74 Å². The van der Waals surface area contributed by atoms with E-state index in [9.17, 15) is 0 Å². The number of alkyl halides is 1. The first-order valence-electron chi connectivity index (χ1n) is 6.91. The van der Waals surface area contributed by atoms with Gasteiger partial charge in [0, 0.05) is 32.6 Å². The first-order chi connectivity index (χ1) is 8.93. The second-order valence-electron chi connectivity index (χ2n) is 5.93. The molecule has 0 N–H and O–H groups in total. The van der Waals surface area contributed by atoms with Crippen molar-refractivity contribution in [2.24, 2.45) is 7.05 Å². The van der Waals surface area contributed by atoms with Crippen LogP contribution in [0, 0.1) is 0 Å². The maximum absolute atomic E-state index is 5.96. The summed E-state index contributed by atoms with van der Waals surface area (Å²) in [6.07, 6.45) is 1.09. The minimum Gasteiger partial charge on any atom is -0.368 e. The Hall–Kier alpha value is -0.580. The molecule has 0 aliphatic carbocycles. The minimum atomic E-state index is -0.135. The molecule has 1 saturated heterocycles. The van der Waals surface area contributed by atoms with Crippen molar-refractivity contribution in [1.82, 2.24) is 14.7 Å². The normalized spacial score (nSPS) is 23.7. The summed E-state index contributed by atoms with van der Waals surface area (Å²) in [7, 11) is 2.01. The Kier molecular flexibility index (Phi) is 4.54. The number of nitrogens with zero attached hydrogens (tertiary/aromatic N) is 3. The summed E-state index contributed by atoms with van der Waals surface area (Å²) in [5.74, 6) is 0.547. The fourth-order valence-electron chi connectivity index (χ4n) is 2.74. The lowest BCUT2D eigenvalue weighted by Gasteiger charge is -2.42. The van der Waals surface area contributed by atoms with Gasteiger partial charge in [0.2, 0.25) is 0 Å². The lowest BCUT2D eigenvalue weighted by atomic mass is 10.1. The maximum Gasteiger partial charge on any atom is 0.0845 e. The zero-order chi connectivity index (χ0) is 14.0. The molecule has 0 saturated carbocycles. The monoisotopic (exact) mass is 285 g/mol. The molecule has 1 aliphatic rings. The molecular weight excluding hydrogens is 262 g/mol. The average Bonchev–Trinajstić information content (AvgIpc) is 2.68. The van der Waals surface area contributed by atoms with E-state index in [1.807, 2.05) is 11.7 Å². The molecule has 1 aromatic heterocycles. The Balaban J connectivity index is 2.06. The van der Waals surface area contributed by atoms with Crippen molar-refractivity contribution in [3.8, 4) is 0 Å². The van der Waals surface area contributed by atoms with Gasteiger partial charge in [-0.15, -0.1) is 11.6 Å². The van der Waals surface area contributed by atoms with E-state index in [4.69, 9.17) is 16.3 Å². The largest absolute Gasteiger partial charge is 0.368 e. The molecular formula is C14H24ClN3O. The zero-order valence-corrected chi connectivity index (χ0v) is 13.1. The molecule has 1 unspecified atom stereocenters. The van der Waals surface area contributed by atoms with Gasteiger partial charge in [0.25, 0.3) is 0 Å². The van der Waals surface area contributed by atoms with E-state index in [1.165, 1.54) is 5.69 Å². The highest BCUT2D eigenvalue weighted by Gasteiger charge is 2.33. The molecule has 1 aliphatic heterocycles. The van der Waals surface area contributed by atoms with Gasteiger partial charge in [0.05, 0.1) is 23.1 Å². The van der Waals surface area contributed by atoms with Crippen molar-refractivity contribution in [3.63, 3.8) is 0 Å². The van der Waals surface area contributed by atoms with Crippen molar-refractivity contribution in [1.29, 1.82) is 0 Å². The summed E-state index contributed by atoms with van der Waals surface area (Å²) in [6, 6.07) is 2.19. The van der Waals surface area contributed by atoms with Gasteiger partial charge in [-0.2, -0.15) is 5.10 Å². The predicted molar refractivity (Wildman–Crippen MR) is 77.5 cm³/mol. The van der Waals surface area contributed by atoms with Gasteiger partial charge in [-0.3, -0.25) is 9.58 Å². The Morgan fingerprint density at radius 3 is 2.84 bits per heavy atom. The molecule has 19 heavy (non-hydrogen) atoms. The van der Waals surface area contributed by atoms with Gasteiger partial charge in [-0.05, 0) is 26.3 Å². The van der Waals surface area contributed by atoms with E-state index in [-0.39, 0.29) is 11.7 Å². The fraction of sp³-hybridized carbons (Fsp3) is 0.786. The second kappa shape index (κ2) is 5.81. The zero-order valence-electron chi connectivity index (χ0n) is 12.3. The molecule has 0 spiro atoms. The highest BCUT2D eigenvalue weighted by Crippen LogP contribution is 2.23. The van der Waals surface area contributed by atoms with E-state index in [1.54, 1.807) is 0 Å². The molecule has 1 fully saturated rings. The number of hydrogen-bond donors (Lipinski definition) is 0. The van der Waals surface area contributed by atoms with E-state index in [0.29, 0.717) is 5.88 Å². The summed E-state index contributed by atoms with van der Waals surface area (Å²) >= 11 is 5.96. The Morgan fingerprint density at radius 1 is 1.53 bits per heavy atom. The van der Waals surface area contributed by atoms with Crippen LogP contribution in [-0.4, -0.2) is 45.4 Å². The molecule has 2 heterocycles. The molecule has 1 aromatic rings. The lowest BCUT2D eigenvalue weighted by Crippen LogP contribution is -2.53. The third kappa shape index (κ3) is 3.71. The molecule has 0 bridgehead atoms. The predicted octanol–water partition coefficient (Wildman–Crippen LogP) is 2.20. The third-order valence-corrected chi connectivity index (χ3v) is 3.84. The Labute approximate surface area is 120 Å². The van der Waals surface area contributed by atoms with Gasteiger partial charge in [0.1, 0.15) is 0 Å². The van der Waals surface area contributed by atoms with Crippen molar-refractivity contribution in [2.75, 3.05) is 19.0 Å². The Bertz CT molecular complexity index is 430. The summed E-state index contributed by atoms with van der Waals surface area (Å²) in [5, 5.41) is 4.50. The highest BCUT2D eigenvalue weighted by atomic mass is 35.5. The van der Waals surface area contributed by atoms with E-state index < -0.39 is 0 Å². The number of ether oxygens (including phenoxy) is 1. The molecule has 1 atom stereocenters. The summed E-state index contributed by atoms with van der Waals surface area (Å²) < 4.78 is 7.93. The van der Waals surface area contributed by atoms with Gasteiger partial charge >= 0.3 is 0 Å². The smallest absolute Gasteiger partial charge is 0.0845 e. The molecule has 5 heteroatoms. The fourth-order valence-corrected chi connectivity index (χ4v) is 2.90. The molecule has 108 valence electrons. The first-order valence-corrected chi connectivity index (χ1v) is 7.45. The van der Waals surface area contributed by atoms with Gasteiger partial charge in [0.15, 0.2) is 0 Å². The standard InChI is InChI=1S/C14H24ClN3O/c1-5-11-6-12(17(4)16-11)8-18-9-13(7-15)19-14(2,3)10-18/h6,13H,5,7-10H2,1-4H3. The maximum atomic E-state index is 5.96.